The second-order valence-electron chi connectivity index (χ2n) is 6.58. The molecule has 0 aliphatic carbocycles. The van der Waals surface area contributed by atoms with Gasteiger partial charge in [-0.05, 0) is 80.8 Å². The van der Waals surface area contributed by atoms with Gasteiger partial charge in [0.15, 0.2) is 0 Å². The van der Waals surface area contributed by atoms with E-state index in [4.69, 9.17) is 19.0 Å². The second-order valence-corrected chi connectivity index (χ2v) is 6.58. The Kier molecular flexibility index (Phi) is 9.33. The van der Waals surface area contributed by atoms with E-state index >= 15 is 0 Å². The number of benzene rings is 2. The highest BCUT2D eigenvalue weighted by molar-refractivity contribution is 5.98. The van der Waals surface area contributed by atoms with Crippen LogP contribution in [0.25, 0.3) is 0 Å². The molecule has 2 rings (SSSR count). The maximum atomic E-state index is 5.84. The summed E-state index contributed by atoms with van der Waals surface area (Å²) in [7, 11) is 1.53. The van der Waals surface area contributed by atoms with E-state index in [1.54, 1.807) is 0 Å². The van der Waals surface area contributed by atoms with Gasteiger partial charge in [0.1, 0.15) is 44.2 Å². The van der Waals surface area contributed by atoms with E-state index < -0.39 is 0 Å². The van der Waals surface area contributed by atoms with Crippen molar-refractivity contribution in [3.63, 3.8) is 0 Å². The van der Waals surface area contributed by atoms with Crippen LogP contribution in [-0.4, -0.2) is 32.6 Å². The van der Waals surface area contributed by atoms with Crippen molar-refractivity contribution in [2.75, 3.05) is 26.9 Å². The van der Waals surface area contributed by atoms with Crippen molar-refractivity contribution in [2.24, 2.45) is 5.16 Å². The lowest BCUT2D eigenvalue weighted by atomic mass is 10.1. The van der Waals surface area contributed by atoms with E-state index in [0.29, 0.717) is 19.8 Å². The molecule has 5 nitrogen and oxygen atoms in total. The van der Waals surface area contributed by atoms with Crippen molar-refractivity contribution in [1.82, 2.24) is 0 Å². The zero-order valence-electron chi connectivity index (χ0n) is 18.3. The molecule has 0 saturated heterocycles. The molecule has 0 atom stereocenters. The molecule has 0 unspecified atom stereocenters. The molecule has 5 heteroatoms. The van der Waals surface area contributed by atoms with E-state index in [1.807, 2.05) is 76.2 Å². The van der Waals surface area contributed by atoms with Gasteiger partial charge in [-0.1, -0.05) is 29.1 Å². The molecule has 158 valence electrons. The van der Waals surface area contributed by atoms with Crippen LogP contribution >= 0.6 is 0 Å². The number of allylic oxidation sites excluding steroid dienone is 1. The van der Waals surface area contributed by atoms with Gasteiger partial charge in [0.25, 0.3) is 0 Å². The quantitative estimate of drug-likeness (QED) is 0.251. The van der Waals surface area contributed by atoms with Gasteiger partial charge >= 0.3 is 0 Å². The Labute approximate surface area is 179 Å². The monoisotopic (exact) mass is 407 g/mol. The second kappa shape index (κ2) is 12.2. The lowest BCUT2D eigenvalue weighted by Crippen LogP contribution is -2.01. The Bertz CT molecular complexity index is 911. The van der Waals surface area contributed by atoms with Crippen LogP contribution in [0.2, 0.25) is 0 Å². The van der Waals surface area contributed by atoms with E-state index in [0.717, 1.165) is 39.7 Å². The number of aryl methyl sites for hydroxylation is 2. The van der Waals surface area contributed by atoms with Crippen LogP contribution in [0.15, 0.2) is 53.7 Å². The predicted molar refractivity (Wildman–Crippen MR) is 121 cm³/mol. The van der Waals surface area contributed by atoms with Crippen LogP contribution < -0.4 is 14.2 Å². The molecule has 2 aromatic rings. The lowest BCUT2D eigenvalue weighted by molar-refractivity contribution is 0.213. The molecular formula is C25H29NO4. The molecule has 0 fully saturated rings. The zero-order valence-corrected chi connectivity index (χ0v) is 18.3. The Hall–Kier alpha value is -3.39. The highest BCUT2D eigenvalue weighted by Crippen LogP contribution is 2.28. The van der Waals surface area contributed by atoms with Crippen LogP contribution in [0.3, 0.4) is 0 Å². The van der Waals surface area contributed by atoms with E-state index in [1.165, 1.54) is 7.11 Å². The molecule has 0 aliphatic rings. The molecule has 0 N–H and O–H groups in total. The molecule has 0 aliphatic heterocycles. The summed E-state index contributed by atoms with van der Waals surface area (Å²) in [4.78, 5) is 4.78. The first kappa shape index (κ1) is 22.9. The van der Waals surface area contributed by atoms with Crippen molar-refractivity contribution in [2.45, 2.75) is 27.7 Å². The number of hydrogen-bond acceptors (Lipinski definition) is 5. The van der Waals surface area contributed by atoms with Crippen LogP contribution in [0.1, 0.15) is 30.5 Å². The number of oxime groups is 1. The number of hydrogen-bond donors (Lipinski definition) is 0. The van der Waals surface area contributed by atoms with Gasteiger partial charge in [0.2, 0.25) is 0 Å². The van der Waals surface area contributed by atoms with Gasteiger partial charge in [-0.2, -0.15) is 0 Å². The summed E-state index contributed by atoms with van der Waals surface area (Å²) < 4.78 is 17.2. The van der Waals surface area contributed by atoms with Gasteiger partial charge in [0, 0.05) is 0 Å². The van der Waals surface area contributed by atoms with E-state index in [2.05, 4.69) is 17.0 Å². The van der Waals surface area contributed by atoms with Crippen LogP contribution in [0, 0.1) is 25.7 Å². The fraction of sp³-hybridized carbons (Fsp3) is 0.320. The van der Waals surface area contributed by atoms with E-state index in [-0.39, 0.29) is 0 Å². The van der Waals surface area contributed by atoms with Crippen LogP contribution in [0.5, 0.6) is 17.2 Å². The maximum Gasteiger partial charge on any atom is 0.149 e. The molecule has 0 spiro atoms. The first-order chi connectivity index (χ1) is 14.5. The summed E-state index contributed by atoms with van der Waals surface area (Å²) in [6.07, 6.45) is 3.94. The molecule has 0 radical (unpaired) electrons. The SMILES string of the molecule is C/C=C/COc1cc(C)c(OCC#CCOc2ccc(/C(C)=N\OC)cc2)c(C)c1. The van der Waals surface area contributed by atoms with Crippen molar-refractivity contribution in [3.8, 4) is 29.1 Å². The third kappa shape index (κ3) is 7.21. The van der Waals surface area contributed by atoms with Gasteiger partial charge in [0.05, 0.1) is 5.71 Å². The first-order valence-electron chi connectivity index (χ1n) is 9.79. The largest absolute Gasteiger partial charge is 0.490 e. The van der Waals surface area contributed by atoms with Crippen molar-refractivity contribution in [1.29, 1.82) is 0 Å². The summed E-state index contributed by atoms with van der Waals surface area (Å²) in [5.41, 5.74) is 3.84. The van der Waals surface area contributed by atoms with E-state index in [9.17, 15) is 0 Å². The smallest absolute Gasteiger partial charge is 0.149 e. The van der Waals surface area contributed by atoms with Crippen LogP contribution in [-0.2, 0) is 4.84 Å². The topological polar surface area (TPSA) is 49.3 Å². The average Bonchev–Trinajstić information content (AvgIpc) is 2.73. The van der Waals surface area contributed by atoms with Crippen molar-refractivity contribution < 1.29 is 19.0 Å². The van der Waals surface area contributed by atoms with Gasteiger partial charge in [-0.3, -0.25) is 0 Å². The molecule has 0 aromatic heterocycles. The number of ether oxygens (including phenoxy) is 3. The molecule has 0 heterocycles. The molecule has 0 bridgehead atoms. The Morgan fingerprint density at radius 1 is 0.933 bits per heavy atom. The maximum absolute atomic E-state index is 5.84. The predicted octanol–water partition coefficient (Wildman–Crippen LogP) is 5.09. The summed E-state index contributed by atoms with van der Waals surface area (Å²) in [5.74, 6) is 8.39. The normalized spacial score (nSPS) is 11.0. The average molecular weight is 408 g/mol. The molecule has 30 heavy (non-hydrogen) atoms. The highest BCUT2D eigenvalue weighted by Gasteiger charge is 2.06. The minimum atomic E-state index is 0.295. The minimum Gasteiger partial charge on any atom is -0.490 e. The third-order valence-corrected chi connectivity index (χ3v) is 4.24. The van der Waals surface area contributed by atoms with Crippen molar-refractivity contribution in [3.05, 3.63) is 65.2 Å². The fourth-order valence-corrected chi connectivity index (χ4v) is 2.77. The minimum absolute atomic E-state index is 0.295. The Morgan fingerprint density at radius 3 is 2.17 bits per heavy atom. The number of nitrogens with zero attached hydrogens (tertiary/aromatic N) is 1. The Balaban J connectivity index is 1.82. The van der Waals surface area contributed by atoms with Crippen molar-refractivity contribution >= 4 is 5.71 Å². The third-order valence-electron chi connectivity index (χ3n) is 4.24. The summed E-state index contributed by atoms with van der Waals surface area (Å²) in [6, 6.07) is 11.6. The van der Waals surface area contributed by atoms with Gasteiger partial charge < -0.3 is 19.0 Å². The summed E-state index contributed by atoms with van der Waals surface area (Å²) in [6.45, 7) is 9.02. The van der Waals surface area contributed by atoms with Gasteiger partial charge in [-0.25, -0.2) is 0 Å². The molecular weight excluding hydrogens is 378 g/mol. The van der Waals surface area contributed by atoms with Crippen LogP contribution in [0.4, 0.5) is 0 Å². The zero-order chi connectivity index (χ0) is 21.8. The summed E-state index contributed by atoms with van der Waals surface area (Å²) in [5, 5.41) is 3.91. The molecule has 2 aromatic carbocycles. The highest BCUT2D eigenvalue weighted by atomic mass is 16.6. The first-order valence-corrected chi connectivity index (χ1v) is 9.79. The molecule has 0 saturated carbocycles. The lowest BCUT2D eigenvalue weighted by Gasteiger charge is -2.12. The Morgan fingerprint density at radius 2 is 1.57 bits per heavy atom. The summed E-state index contributed by atoms with van der Waals surface area (Å²) >= 11 is 0. The number of rotatable bonds is 9. The molecule has 0 amide bonds. The van der Waals surface area contributed by atoms with Gasteiger partial charge in [-0.15, -0.1) is 0 Å². The fourth-order valence-electron chi connectivity index (χ4n) is 2.77. The standard InChI is InChI=1S/C25H29NO4/c1-6-7-14-29-24-17-19(2)25(20(3)18-24)30-16-9-8-15-28-23-12-10-22(11-13-23)21(4)26-27-5/h6-7,10-13,17-18H,14-16H2,1-5H3/b7-6+,26-21-.